The molecule has 4 nitrogen and oxygen atoms in total. The molecule has 0 heterocycles. The van der Waals surface area contributed by atoms with Gasteiger partial charge in [0.05, 0.1) is 5.71 Å². The van der Waals surface area contributed by atoms with E-state index in [4.69, 9.17) is 5.73 Å². The zero-order chi connectivity index (χ0) is 10.6. The third-order valence-electron chi connectivity index (χ3n) is 1.60. The number of phenolic OH excluding ortho intramolecular Hbond substituents is 1. The fourth-order valence-electron chi connectivity index (χ4n) is 0.934. The number of hydrogen-bond acceptors (Lipinski definition) is 3. The third kappa shape index (κ3) is 3.02. The number of hydrogen-bond donors (Lipinski definition) is 3. The van der Waals surface area contributed by atoms with Crippen molar-refractivity contribution >= 4 is 23.0 Å². The van der Waals surface area contributed by atoms with Crippen molar-refractivity contribution in [1.29, 1.82) is 0 Å². The molecule has 0 aliphatic heterocycles. The molecule has 0 atom stereocenters. The van der Waals surface area contributed by atoms with Crippen LogP contribution in [0.15, 0.2) is 29.4 Å². The van der Waals surface area contributed by atoms with Crippen molar-refractivity contribution in [1.82, 2.24) is 5.43 Å². The summed E-state index contributed by atoms with van der Waals surface area (Å²) in [6.07, 6.45) is 0. The maximum Gasteiger partial charge on any atom is 0.184 e. The van der Waals surface area contributed by atoms with Gasteiger partial charge in [-0.15, -0.1) is 0 Å². The normalized spacial score (nSPS) is 11.1. The number of nitrogens with zero attached hydrogens (tertiary/aromatic N) is 1. The summed E-state index contributed by atoms with van der Waals surface area (Å²) in [5.74, 6) is 0.201. The van der Waals surface area contributed by atoms with E-state index in [1.165, 1.54) is 0 Å². The summed E-state index contributed by atoms with van der Waals surface area (Å²) in [4.78, 5) is 0. The quantitative estimate of drug-likeness (QED) is 0.385. The van der Waals surface area contributed by atoms with E-state index in [9.17, 15) is 5.11 Å². The van der Waals surface area contributed by atoms with Crippen LogP contribution in [0.3, 0.4) is 0 Å². The summed E-state index contributed by atoms with van der Waals surface area (Å²) in [5.41, 5.74) is 9.21. The van der Waals surface area contributed by atoms with Crippen molar-refractivity contribution in [2.75, 3.05) is 0 Å². The van der Waals surface area contributed by atoms with Crippen molar-refractivity contribution in [3.63, 3.8) is 0 Å². The summed E-state index contributed by atoms with van der Waals surface area (Å²) < 4.78 is 0. The monoisotopic (exact) mass is 209 g/mol. The minimum Gasteiger partial charge on any atom is -0.508 e. The van der Waals surface area contributed by atoms with E-state index >= 15 is 0 Å². The second-order valence-corrected chi connectivity index (χ2v) is 3.16. The first kappa shape index (κ1) is 10.5. The lowest BCUT2D eigenvalue weighted by Gasteiger charge is -2.01. The van der Waals surface area contributed by atoms with Crippen LogP contribution in [0.4, 0.5) is 0 Å². The zero-order valence-electron chi connectivity index (χ0n) is 7.69. The van der Waals surface area contributed by atoms with Gasteiger partial charge in [0.15, 0.2) is 5.11 Å². The maximum absolute atomic E-state index is 9.21. The second kappa shape index (κ2) is 4.57. The molecule has 0 saturated heterocycles. The van der Waals surface area contributed by atoms with Gasteiger partial charge in [0, 0.05) is 5.56 Å². The molecule has 1 rings (SSSR count). The summed E-state index contributed by atoms with van der Waals surface area (Å²) in [6, 6.07) is 6.78. The lowest BCUT2D eigenvalue weighted by molar-refractivity contribution is 0.475. The Morgan fingerprint density at radius 3 is 2.86 bits per heavy atom. The van der Waals surface area contributed by atoms with Crippen molar-refractivity contribution in [2.45, 2.75) is 6.92 Å². The molecule has 0 fully saturated rings. The predicted octanol–water partition coefficient (Wildman–Crippen LogP) is 0.949. The van der Waals surface area contributed by atoms with Crippen LogP contribution in [-0.2, 0) is 0 Å². The zero-order valence-corrected chi connectivity index (χ0v) is 8.51. The second-order valence-electron chi connectivity index (χ2n) is 2.72. The van der Waals surface area contributed by atoms with Crippen LogP contribution in [0.5, 0.6) is 5.75 Å². The highest BCUT2D eigenvalue weighted by Crippen LogP contribution is 2.11. The van der Waals surface area contributed by atoms with Gasteiger partial charge in [-0.3, -0.25) is 5.43 Å². The molecule has 0 aliphatic carbocycles. The van der Waals surface area contributed by atoms with Crippen LogP contribution in [0.1, 0.15) is 12.5 Å². The molecule has 0 aromatic heterocycles. The summed E-state index contributed by atoms with van der Waals surface area (Å²) in [6.45, 7) is 1.79. The highest BCUT2D eigenvalue weighted by molar-refractivity contribution is 7.80. The summed E-state index contributed by atoms with van der Waals surface area (Å²) >= 11 is 4.60. The van der Waals surface area contributed by atoms with E-state index in [1.807, 2.05) is 6.07 Å². The van der Waals surface area contributed by atoms with E-state index < -0.39 is 0 Å². The van der Waals surface area contributed by atoms with Gasteiger partial charge in [-0.1, -0.05) is 12.1 Å². The first-order chi connectivity index (χ1) is 6.59. The Balaban J connectivity index is 2.83. The van der Waals surface area contributed by atoms with Crippen LogP contribution in [0.25, 0.3) is 0 Å². The van der Waals surface area contributed by atoms with E-state index in [2.05, 4.69) is 22.7 Å². The van der Waals surface area contributed by atoms with E-state index in [1.54, 1.807) is 25.1 Å². The summed E-state index contributed by atoms with van der Waals surface area (Å²) in [7, 11) is 0. The fourth-order valence-corrected chi connectivity index (χ4v) is 0.980. The number of rotatable bonds is 2. The highest BCUT2D eigenvalue weighted by atomic mass is 32.1. The lowest BCUT2D eigenvalue weighted by atomic mass is 10.1. The molecule has 14 heavy (non-hydrogen) atoms. The number of thiocarbonyl (C=S) groups is 1. The number of hydrazone groups is 1. The van der Waals surface area contributed by atoms with Crippen molar-refractivity contribution in [3.05, 3.63) is 29.8 Å². The van der Waals surface area contributed by atoms with E-state index in [-0.39, 0.29) is 10.9 Å². The minimum absolute atomic E-state index is 0.115. The first-order valence-electron chi connectivity index (χ1n) is 3.98. The van der Waals surface area contributed by atoms with E-state index in [0.717, 1.165) is 5.56 Å². The van der Waals surface area contributed by atoms with Crippen molar-refractivity contribution in [3.8, 4) is 5.75 Å². The molecule has 0 bridgehead atoms. The highest BCUT2D eigenvalue weighted by Gasteiger charge is 1.97. The number of benzene rings is 1. The minimum atomic E-state index is 0.115. The number of nitrogens with one attached hydrogen (secondary N) is 1. The van der Waals surface area contributed by atoms with Gasteiger partial charge in [0.1, 0.15) is 5.75 Å². The molecule has 0 aliphatic rings. The Morgan fingerprint density at radius 1 is 1.57 bits per heavy atom. The molecule has 4 N–H and O–H groups in total. The van der Waals surface area contributed by atoms with Crippen molar-refractivity contribution < 1.29 is 5.11 Å². The number of aromatic hydroxyl groups is 1. The maximum atomic E-state index is 9.21. The van der Waals surface area contributed by atoms with Gasteiger partial charge in [0.25, 0.3) is 0 Å². The van der Waals surface area contributed by atoms with Crippen LogP contribution in [0, 0.1) is 0 Å². The molecule has 0 radical (unpaired) electrons. The molecule has 1 aromatic rings. The van der Waals surface area contributed by atoms with Gasteiger partial charge >= 0.3 is 0 Å². The number of nitrogens with two attached hydrogens (primary N) is 1. The lowest BCUT2D eigenvalue weighted by Crippen LogP contribution is -2.25. The van der Waals surface area contributed by atoms with Crippen LogP contribution < -0.4 is 11.2 Å². The average Bonchev–Trinajstić information content (AvgIpc) is 2.14. The first-order valence-corrected chi connectivity index (χ1v) is 4.39. The van der Waals surface area contributed by atoms with Gasteiger partial charge in [0.2, 0.25) is 0 Å². The largest absolute Gasteiger partial charge is 0.508 e. The molecule has 74 valence electrons. The summed E-state index contributed by atoms with van der Waals surface area (Å²) in [5, 5.41) is 13.3. The molecule has 0 unspecified atom stereocenters. The molecular formula is C9H11N3OS. The van der Waals surface area contributed by atoms with Gasteiger partial charge < -0.3 is 10.8 Å². The predicted molar refractivity (Wildman–Crippen MR) is 60.2 cm³/mol. The Bertz CT molecular complexity index is 376. The Morgan fingerprint density at radius 2 is 2.29 bits per heavy atom. The van der Waals surface area contributed by atoms with Crippen molar-refractivity contribution in [2.24, 2.45) is 10.8 Å². The Hall–Kier alpha value is -1.62. The third-order valence-corrected chi connectivity index (χ3v) is 1.69. The standard InChI is InChI=1S/C9H11N3OS/c1-6(11-12-9(10)14)7-3-2-4-8(13)5-7/h2-5,13H,1H3,(H3,10,12,14)/b11-6-. The molecule has 0 amide bonds. The molecule has 5 heteroatoms. The molecular weight excluding hydrogens is 198 g/mol. The van der Waals surface area contributed by atoms with Crippen LogP contribution in [-0.4, -0.2) is 15.9 Å². The molecule has 0 saturated carbocycles. The van der Waals surface area contributed by atoms with Gasteiger partial charge in [-0.05, 0) is 31.3 Å². The molecule has 0 spiro atoms. The Kier molecular flexibility index (Phi) is 3.41. The topological polar surface area (TPSA) is 70.6 Å². The van der Waals surface area contributed by atoms with Crippen LogP contribution >= 0.6 is 12.2 Å². The Labute approximate surface area is 87.4 Å². The van der Waals surface area contributed by atoms with Crippen LogP contribution in [0.2, 0.25) is 0 Å². The number of phenols is 1. The SMILES string of the molecule is C/C(=N/NC(N)=S)c1cccc(O)c1. The average molecular weight is 209 g/mol. The fraction of sp³-hybridized carbons (Fsp3) is 0.111. The van der Waals surface area contributed by atoms with Gasteiger partial charge in [-0.25, -0.2) is 0 Å². The van der Waals surface area contributed by atoms with E-state index in [0.29, 0.717) is 5.71 Å². The molecule has 1 aromatic carbocycles. The smallest absolute Gasteiger partial charge is 0.184 e. The van der Waals surface area contributed by atoms with Gasteiger partial charge in [-0.2, -0.15) is 5.10 Å².